The van der Waals surface area contributed by atoms with Crippen molar-refractivity contribution in [1.29, 1.82) is 5.26 Å². The van der Waals surface area contributed by atoms with Crippen LogP contribution in [-0.2, 0) is 5.75 Å². The summed E-state index contributed by atoms with van der Waals surface area (Å²) in [6.07, 6.45) is 0. The SMILES string of the molecule is Cc1cc(C#N)ccc1CSc1cc2ccccc2[nH]1. The van der Waals surface area contributed by atoms with Crippen molar-refractivity contribution in [2.24, 2.45) is 0 Å². The number of nitrogens with zero attached hydrogens (tertiary/aromatic N) is 1. The number of para-hydroxylation sites is 1. The molecule has 0 unspecified atom stereocenters. The third-order valence-electron chi connectivity index (χ3n) is 3.36. The van der Waals surface area contributed by atoms with Crippen molar-refractivity contribution >= 4 is 22.7 Å². The molecule has 2 nitrogen and oxygen atoms in total. The van der Waals surface area contributed by atoms with Crippen molar-refractivity contribution in [3.8, 4) is 6.07 Å². The fraction of sp³-hybridized carbons (Fsp3) is 0.118. The average molecular weight is 278 g/mol. The molecule has 0 aliphatic rings. The van der Waals surface area contributed by atoms with Crippen molar-refractivity contribution in [1.82, 2.24) is 4.98 Å². The van der Waals surface area contributed by atoms with Crippen LogP contribution in [0.1, 0.15) is 16.7 Å². The van der Waals surface area contributed by atoms with E-state index in [0.29, 0.717) is 0 Å². The van der Waals surface area contributed by atoms with Gasteiger partial charge in [-0.15, -0.1) is 11.8 Å². The molecular weight excluding hydrogens is 264 g/mol. The van der Waals surface area contributed by atoms with Crippen LogP contribution in [0.2, 0.25) is 0 Å². The number of aromatic amines is 1. The maximum atomic E-state index is 8.88. The molecule has 3 aromatic rings. The smallest absolute Gasteiger partial charge is 0.0991 e. The summed E-state index contributed by atoms with van der Waals surface area (Å²) in [7, 11) is 0. The molecule has 1 heterocycles. The van der Waals surface area contributed by atoms with E-state index < -0.39 is 0 Å². The Morgan fingerprint density at radius 3 is 2.75 bits per heavy atom. The number of benzene rings is 2. The van der Waals surface area contributed by atoms with Gasteiger partial charge in [0.25, 0.3) is 0 Å². The van der Waals surface area contributed by atoms with Gasteiger partial charge in [-0.1, -0.05) is 24.3 Å². The maximum Gasteiger partial charge on any atom is 0.0991 e. The zero-order valence-electron chi connectivity index (χ0n) is 11.2. The van der Waals surface area contributed by atoms with E-state index in [2.05, 4.69) is 42.2 Å². The number of aromatic nitrogens is 1. The van der Waals surface area contributed by atoms with Gasteiger partial charge in [-0.3, -0.25) is 0 Å². The van der Waals surface area contributed by atoms with Crippen molar-refractivity contribution in [3.63, 3.8) is 0 Å². The number of hydrogen-bond acceptors (Lipinski definition) is 2. The van der Waals surface area contributed by atoms with Gasteiger partial charge in [-0.2, -0.15) is 5.26 Å². The molecule has 1 N–H and O–H groups in total. The zero-order chi connectivity index (χ0) is 13.9. The highest BCUT2D eigenvalue weighted by molar-refractivity contribution is 7.98. The Balaban J connectivity index is 1.77. The van der Waals surface area contributed by atoms with Gasteiger partial charge in [0, 0.05) is 16.7 Å². The molecule has 20 heavy (non-hydrogen) atoms. The Bertz CT molecular complexity index is 763. The lowest BCUT2D eigenvalue weighted by atomic mass is 10.1. The predicted molar refractivity (Wildman–Crippen MR) is 83.8 cm³/mol. The highest BCUT2D eigenvalue weighted by atomic mass is 32.2. The molecular formula is C17H14N2S. The van der Waals surface area contributed by atoms with E-state index in [1.807, 2.05) is 24.3 Å². The molecule has 3 heteroatoms. The van der Waals surface area contributed by atoms with Crippen molar-refractivity contribution in [2.45, 2.75) is 17.7 Å². The number of nitriles is 1. The molecule has 0 aliphatic heterocycles. The number of fused-ring (bicyclic) bond motifs is 1. The molecule has 2 aromatic carbocycles. The minimum absolute atomic E-state index is 0.724. The summed E-state index contributed by atoms with van der Waals surface area (Å²) in [5, 5.41) is 11.3. The zero-order valence-corrected chi connectivity index (χ0v) is 12.0. The fourth-order valence-electron chi connectivity index (χ4n) is 2.21. The van der Waals surface area contributed by atoms with Gasteiger partial charge in [-0.05, 0) is 42.3 Å². The van der Waals surface area contributed by atoms with Gasteiger partial charge < -0.3 is 4.98 Å². The lowest BCUT2D eigenvalue weighted by Gasteiger charge is -2.04. The van der Waals surface area contributed by atoms with Crippen LogP contribution in [0.4, 0.5) is 0 Å². The summed E-state index contributed by atoms with van der Waals surface area (Å²) in [6.45, 7) is 2.06. The molecule has 98 valence electrons. The molecule has 3 rings (SSSR count). The summed E-state index contributed by atoms with van der Waals surface area (Å²) in [4.78, 5) is 3.42. The lowest BCUT2D eigenvalue weighted by Crippen LogP contribution is -1.88. The van der Waals surface area contributed by atoms with Crippen molar-refractivity contribution in [2.75, 3.05) is 0 Å². The summed E-state index contributed by atoms with van der Waals surface area (Å²) >= 11 is 1.79. The van der Waals surface area contributed by atoms with E-state index in [1.54, 1.807) is 11.8 Å². The van der Waals surface area contributed by atoms with Crippen LogP contribution in [0, 0.1) is 18.3 Å². The van der Waals surface area contributed by atoms with Gasteiger partial charge in [0.15, 0.2) is 0 Å². The minimum atomic E-state index is 0.724. The number of hydrogen-bond donors (Lipinski definition) is 1. The number of nitrogens with one attached hydrogen (secondary N) is 1. The van der Waals surface area contributed by atoms with E-state index in [9.17, 15) is 0 Å². The minimum Gasteiger partial charge on any atom is -0.350 e. The molecule has 0 saturated carbocycles. The summed E-state index contributed by atoms with van der Waals surface area (Å²) in [5.41, 5.74) is 4.34. The normalized spacial score (nSPS) is 10.6. The lowest BCUT2D eigenvalue weighted by molar-refractivity contribution is 1.22. The molecule has 0 amide bonds. The van der Waals surface area contributed by atoms with E-state index in [0.717, 1.165) is 11.3 Å². The third kappa shape index (κ3) is 2.56. The largest absolute Gasteiger partial charge is 0.350 e. The van der Waals surface area contributed by atoms with E-state index in [1.165, 1.54) is 27.1 Å². The molecule has 0 bridgehead atoms. The highest BCUT2D eigenvalue weighted by Gasteiger charge is 2.04. The first kappa shape index (κ1) is 12.8. The number of rotatable bonds is 3. The van der Waals surface area contributed by atoms with Crippen LogP contribution < -0.4 is 0 Å². The molecule has 0 radical (unpaired) electrons. The van der Waals surface area contributed by atoms with Gasteiger partial charge in [0.2, 0.25) is 0 Å². The number of aryl methyl sites for hydroxylation is 1. The summed E-state index contributed by atoms with van der Waals surface area (Å²) in [5.74, 6) is 0.907. The molecule has 0 saturated heterocycles. The van der Waals surface area contributed by atoms with Gasteiger partial charge in [0.05, 0.1) is 16.7 Å². The monoisotopic (exact) mass is 278 g/mol. The maximum absolute atomic E-state index is 8.88. The first-order valence-electron chi connectivity index (χ1n) is 6.46. The Morgan fingerprint density at radius 2 is 2.00 bits per heavy atom. The second-order valence-corrected chi connectivity index (χ2v) is 5.78. The van der Waals surface area contributed by atoms with E-state index in [4.69, 9.17) is 5.26 Å². The van der Waals surface area contributed by atoms with E-state index in [-0.39, 0.29) is 0 Å². The standard InChI is InChI=1S/C17H14N2S/c1-12-8-13(10-18)6-7-15(12)11-20-17-9-14-4-2-3-5-16(14)19-17/h2-9,19H,11H2,1H3. The van der Waals surface area contributed by atoms with Crippen molar-refractivity contribution in [3.05, 3.63) is 65.2 Å². The van der Waals surface area contributed by atoms with Crippen LogP contribution in [-0.4, -0.2) is 4.98 Å². The molecule has 0 fully saturated rings. The fourth-order valence-corrected chi connectivity index (χ4v) is 3.23. The van der Waals surface area contributed by atoms with Gasteiger partial charge >= 0.3 is 0 Å². The Kier molecular flexibility index (Phi) is 3.49. The Hall–Kier alpha value is -2.18. The highest BCUT2D eigenvalue weighted by Crippen LogP contribution is 2.27. The molecule has 0 atom stereocenters. The second-order valence-electron chi connectivity index (χ2n) is 4.76. The van der Waals surface area contributed by atoms with Crippen LogP contribution in [0.3, 0.4) is 0 Å². The topological polar surface area (TPSA) is 39.6 Å². The Morgan fingerprint density at radius 1 is 1.15 bits per heavy atom. The molecule has 0 spiro atoms. The van der Waals surface area contributed by atoms with Crippen molar-refractivity contribution < 1.29 is 0 Å². The van der Waals surface area contributed by atoms with Crippen LogP contribution in [0.5, 0.6) is 0 Å². The van der Waals surface area contributed by atoms with Gasteiger partial charge in [-0.25, -0.2) is 0 Å². The average Bonchev–Trinajstić information content (AvgIpc) is 2.88. The van der Waals surface area contributed by atoms with Crippen LogP contribution in [0.25, 0.3) is 10.9 Å². The number of thioether (sulfide) groups is 1. The predicted octanol–water partition coefficient (Wildman–Crippen LogP) is 4.64. The van der Waals surface area contributed by atoms with Crippen LogP contribution >= 0.6 is 11.8 Å². The first-order chi connectivity index (χ1) is 9.76. The molecule has 1 aromatic heterocycles. The van der Waals surface area contributed by atoms with E-state index >= 15 is 0 Å². The first-order valence-corrected chi connectivity index (χ1v) is 7.45. The molecule has 0 aliphatic carbocycles. The second kappa shape index (κ2) is 5.44. The number of H-pyrrole nitrogens is 1. The van der Waals surface area contributed by atoms with Gasteiger partial charge in [0.1, 0.15) is 0 Å². The Labute approximate surface area is 122 Å². The third-order valence-corrected chi connectivity index (χ3v) is 4.35. The summed E-state index contributed by atoms with van der Waals surface area (Å²) in [6, 6.07) is 18.5. The van der Waals surface area contributed by atoms with Crippen LogP contribution in [0.15, 0.2) is 53.6 Å². The summed E-state index contributed by atoms with van der Waals surface area (Å²) < 4.78 is 0. The quantitative estimate of drug-likeness (QED) is 0.709.